The summed E-state index contributed by atoms with van der Waals surface area (Å²) in [6.45, 7) is 1.56. The van der Waals surface area contributed by atoms with Gasteiger partial charge in [-0.3, -0.25) is 0 Å². The van der Waals surface area contributed by atoms with Gasteiger partial charge in [-0.05, 0) is 35.9 Å². The van der Waals surface area contributed by atoms with Crippen LogP contribution in [0.3, 0.4) is 0 Å². The predicted octanol–water partition coefficient (Wildman–Crippen LogP) is 1.99. The van der Waals surface area contributed by atoms with Gasteiger partial charge in [0.15, 0.2) is 6.33 Å². The summed E-state index contributed by atoms with van der Waals surface area (Å²) in [4.78, 5) is 1.18. The van der Waals surface area contributed by atoms with Crippen LogP contribution in [0.25, 0.3) is 5.69 Å². The second kappa shape index (κ2) is 3.58. The number of hydrogen-bond donors (Lipinski definition) is 0. The van der Waals surface area contributed by atoms with Crippen LogP contribution in [0.5, 0.6) is 0 Å². The van der Waals surface area contributed by atoms with Gasteiger partial charge in [0.2, 0.25) is 0 Å². The van der Waals surface area contributed by atoms with Gasteiger partial charge in [-0.15, -0.1) is 15.0 Å². The Labute approximate surface area is 88.7 Å². The molecule has 0 aliphatic rings. The molecule has 0 amide bonds. The molecule has 0 atom stereocenters. The van der Waals surface area contributed by atoms with Crippen molar-refractivity contribution in [3.05, 3.63) is 35.7 Å². The van der Waals surface area contributed by atoms with Crippen LogP contribution in [-0.4, -0.2) is 20.2 Å². The molecule has 0 bridgehead atoms. The number of hydrogen-bond acceptors (Lipinski definition) is 3. The molecule has 0 aliphatic carbocycles. The first-order valence-corrected chi connectivity index (χ1v) is 4.39. The van der Waals surface area contributed by atoms with Crippen molar-refractivity contribution in [3.8, 4) is 5.69 Å². The van der Waals surface area contributed by atoms with Crippen molar-refractivity contribution in [2.24, 2.45) is 0 Å². The molecular formula is C9H7F3N4. The molecule has 1 aromatic heterocycles. The SMILES string of the molecule is Cc1cc(C(F)(F)F)ccc1-n1ncnn1. The Kier molecular flexibility index (Phi) is 2.37. The van der Waals surface area contributed by atoms with Gasteiger partial charge < -0.3 is 0 Å². The van der Waals surface area contributed by atoms with Gasteiger partial charge in [0.25, 0.3) is 0 Å². The predicted molar refractivity (Wildman–Crippen MR) is 48.9 cm³/mol. The monoisotopic (exact) mass is 228 g/mol. The summed E-state index contributed by atoms with van der Waals surface area (Å²) in [6.07, 6.45) is -3.11. The zero-order valence-corrected chi connectivity index (χ0v) is 8.23. The van der Waals surface area contributed by atoms with Crippen molar-refractivity contribution in [2.45, 2.75) is 13.1 Å². The van der Waals surface area contributed by atoms with Gasteiger partial charge >= 0.3 is 6.18 Å². The first-order valence-electron chi connectivity index (χ1n) is 4.39. The van der Waals surface area contributed by atoms with E-state index in [2.05, 4.69) is 15.4 Å². The third kappa shape index (κ3) is 1.88. The zero-order valence-electron chi connectivity index (χ0n) is 8.23. The highest BCUT2D eigenvalue weighted by Gasteiger charge is 2.30. The maximum Gasteiger partial charge on any atom is 0.416 e. The highest BCUT2D eigenvalue weighted by atomic mass is 19.4. The molecule has 0 spiro atoms. The average molecular weight is 228 g/mol. The summed E-state index contributed by atoms with van der Waals surface area (Å²) in [5.74, 6) is 0. The van der Waals surface area contributed by atoms with Crippen LogP contribution in [0.2, 0.25) is 0 Å². The van der Waals surface area contributed by atoms with E-state index in [4.69, 9.17) is 0 Å². The van der Waals surface area contributed by atoms with Gasteiger partial charge in [-0.1, -0.05) is 0 Å². The Morgan fingerprint density at radius 3 is 2.50 bits per heavy atom. The molecule has 0 N–H and O–H groups in total. The van der Waals surface area contributed by atoms with E-state index in [1.54, 1.807) is 6.92 Å². The number of alkyl halides is 3. The van der Waals surface area contributed by atoms with Crippen molar-refractivity contribution in [1.82, 2.24) is 20.2 Å². The second-order valence-electron chi connectivity index (χ2n) is 3.22. The number of aromatic nitrogens is 4. The van der Waals surface area contributed by atoms with Crippen LogP contribution in [0, 0.1) is 6.92 Å². The molecule has 2 rings (SSSR count). The fourth-order valence-electron chi connectivity index (χ4n) is 1.33. The Hall–Kier alpha value is -1.92. The molecule has 0 fully saturated rings. The number of nitrogens with zero attached hydrogens (tertiary/aromatic N) is 4. The summed E-state index contributed by atoms with van der Waals surface area (Å²) < 4.78 is 37.2. The van der Waals surface area contributed by atoms with Gasteiger partial charge in [0, 0.05) is 0 Å². The topological polar surface area (TPSA) is 43.6 Å². The van der Waals surface area contributed by atoms with Crippen LogP contribution in [0.1, 0.15) is 11.1 Å². The van der Waals surface area contributed by atoms with Crippen LogP contribution in [0.4, 0.5) is 13.2 Å². The number of tetrazole rings is 1. The molecule has 0 saturated carbocycles. The second-order valence-corrected chi connectivity index (χ2v) is 3.22. The average Bonchev–Trinajstić information content (AvgIpc) is 2.69. The fraction of sp³-hybridized carbons (Fsp3) is 0.222. The maximum absolute atomic E-state index is 12.4. The molecule has 0 aliphatic heterocycles. The minimum absolute atomic E-state index is 0.438. The van der Waals surface area contributed by atoms with Gasteiger partial charge in [-0.25, -0.2) is 0 Å². The Morgan fingerprint density at radius 1 is 1.25 bits per heavy atom. The normalized spacial score (nSPS) is 11.8. The van der Waals surface area contributed by atoms with Crippen LogP contribution in [0.15, 0.2) is 24.5 Å². The molecule has 0 saturated heterocycles. The van der Waals surface area contributed by atoms with E-state index >= 15 is 0 Å². The Bertz CT molecular complexity index is 490. The number of halogens is 3. The molecule has 2 aromatic rings. The third-order valence-electron chi connectivity index (χ3n) is 2.09. The fourth-order valence-corrected chi connectivity index (χ4v) is 1.33. The van der Waals surface area contributed by atoms with Crippen molar-refractivity contribution < 1.29 is 13.2 Å². The van der Waals surface area contributed by atoms with Crippen molar-refractivity contribution in [1.29, 1.82) is 0 Å². The molecular weight excluding hydrogens is 221 g/mol. The van der Waals surface area contributed by atoms with Crippen molar-refractivity contribution in [3.63, 3.8) is 0 Å². The van der Waals surface area contributed by atoms with E-state index in [1.807, 2.05) is 0 Å². The lowest BCUT2D eigenvalue weighted by molar-refractivity contribution is -0.137. The van der Waals surface area contributed by atoms with Crippen LogP contribution in [-0.2, 0) is 6.18 Å². The van der Waals surface area contributed by atoms with Crippen LogP contribution < -0.4 is 0 Å². The quantitative estimate of drug-likeness (QED) is 0.749. The lowest BCUT2D eigenvalue weighted by Crippen LogP contribution is -2.07. The van der Waals surface area contributed by atoms with E-state index in [0.717, 1.165) is 12.1 Å². The van der Waals surface area contributed by atoms with E-state index < -0.39 is 11.7 Å². The summed E-state index contributed by atoms with van der Waals surface area (Å²) in [7, 11) is 0. The lowest BCUT2D eigenvalue weighted by Gasteiger charge is -2.09. The van der Waals surface area contributed by atoms with E-state index in [0.29, 0.717) is 11.3 Å². The summed E-state index contributed by atoms with van der Waals surface area (Å²) in [6, 6.07) is 3.37. The molecule has 7 heteroatoms. The first-order chi connectivity index (χ1) is 7.48. The molecule has 84 valence electrons. The maximum atomic E-state index is 12.4. The Morgan fingerprint density at radius 2 is 2.00 bits per heavy atom. The van der Waals surface area contributed by atoms with Gasteiger partial charge in [-0.2, -0.15) is 13.2 Å². The smallest absolute Gasteiger partial charge is 0.166 e. The third-order valence-corrected chi connectivity index (χ3v) is 2.09. The lowest BCUT2D eigenvalue weighted by atomic mass is 10.1. The number of rotatable bonds is 1. The highest BCUT2D eigenvalue weighted by molar-refractivity contribution is 5.41. The zero-order chi connectivity index (χ0) is 11.8. The molecule has 1 aromatic carbocycles. The minimum Gasteiger partial charge on any atom is -0.166 e. The molecule has 0 unspecified atom stereocenters. The largest absolute Gasteiger partial charge is 0.416 e. The van der Waals surface area contributed by atoms with E-state index in [1.165, 1.54) is 17.2 Å². The Balaban J connectivity index is 2.46. The molecule has 16 heavy (non-hydrogen) atoms. The number of aryl methyl sites for hydroxylation is 1. The van der Waals surface area contributed by atoms with Gasteiger partial charge in [0.05, 0.1) is 11.3 Å². The molecule has 0 radical (unpaired) electrons. The number of benzene rings is 1. The van der Waals surface area contributed by atoms with E-state index in [-0.39, 0.29) is 0 Å². The standard InChI is InChI=1S/C9H7F3N4/c1-6-4-7(9(10,11)12)2-3-8(6)16-14-5-13-15-16/h2-5H,1H3. The van der Waals surface area contributed by atoms with E-state index in [9.17, 15) is 13.2 Å². The molecule has 1 heterocycles. The van der Waals surface area contributed by atoms with Crippen molar-refractivity contribution >= 4 is 0 Å². The summed E-state index contributed by atoms with van der Waals surface area (Å²) >= 11 is 0. The minimum atomic E-state index is -4.33. The molecule has 4 nitrogen and oxygen atoms in total. The van der Waals surface area contributed by atoms with Crippen molar-refractivity contribution in [2.75, 3.05) is 0 Å². The summed E-state index contributed by atoms with van der Waals surface area (Å²) in [5, 5.41) is 10.9. The van der Waals surface area contributed by atoms with Gasteiger partial charge in [0.1, 0.15) is 0 Å². The van der Waals surface area contributed by atoms with Crippen LogP contribution >= 0.6 is 0 Å². The summed E-state index contributed by atoms with van der Waals surface area (Å²) in [5.41, 5.74) is 0.229. The first kappa shape index (κ1) is 10.6. The highest BCUT2D eigenvalue weighted by Crippen LogP contribution is 2.30.